The lowest BCUT2D eigenvalue weighted by Gasteiger charge is -2.42. The van der Waals surface area contributed by atoms with Crippen molar-refractivity contribution in [1.29, 1.82) is 0 Å². The Morgan fingerprint density at radius 2 is 2.06 bits per heavy atom. The molecule has 0 saturated carbocycles. The normalized spacial score (nSPS) is 30.2. The molecule has 0 bridgehead atoms. The molecule has 2 aliphatic heterocycles. The van der Waals surface area contributed by atoms with Crippen molar-refractivity contribution in [1.82, 2.24) is 10.2 Å². The minimum atomic E-state index is -1.71. The van der Waals surface area contributed by atoms with Crippen LogP contribution in [0.3, 0.4) is 0 Å². The van der Waals surface area contributed by atoms with Gasteiger partial charge in [0.25, 0.3) is 11.1 Å². The molecule has 0 spiro atoms. The van der Waals surface area contributed by atoms with Gasteiger partial charge in [-0.15, -0.1) is 0 Å². The van der Waals surface area contributed by atoms with Crippen LogP contribution in [0.5, 0.6) is 0 Å². The molecule has 164 valence electrons. The fourth-order valence-corrected chi connectivity index (χ4v) is 5.39. The topological polar surface area (TPSA) is 84.9 Å². The van der Waals surface area contributed by atoms with Crippen molar-refractivity contribution < 1.29 is 23.9 Å². The predicted octanol–water partition coefficient (Wildman–Crippen LogP) is 3.02. The summed E-state index contributed by atoms with van der Waals surface area (Å²) in [5.74, 6) is -1.11. The van der Waals surface area contributed by atoms with Gasteiger partial charge in [-0.25, -0.2) is 0 Å². The van der Waals surface area contributed by atoms with Crippen LogP contribution in [0.4, 0.5) is 4.79 Å². The van der Waals surface area contributed by atoms with E-state index in [-0.39, 0.29) is 25.7 Å². The van der Waals surface area contributed by atoms with Crippen LogP contribution in [0.15, 0.2) is 54.6 Å². The molecule has 2 heterocycles. The summed E-state index contributed by atoms with van der Waals surface area (Å²) >= 11 is 0.769. The Morgan fingerprint density at radius 3 is 2.68 bits per heavy atom. The van der Waals surface area contributed by atoms with Crippen molar-refractivity contribution in [3.8, 4) is 0 Å². The number of esters is 1. The zero-order chi connectivity index (χ0) is 21.9. The summed E-state index contributed by atoms with van der Waals surface area (Å²) in [6, 6.07) is 9.42. The average molecular weight is 443 g/mol. The number of nitrogens with zero attached hydrogens (tertiary/aromatic N) is 1. The van der Waals surface area contributed by atoms with E-state index in [4.69, 9.17) is 9.47 Å². The lowest BCUT2D eigenvalue weighted by molar-refractivity contribution is -0.174. The molecule has 1 aromatic carbocycles. The van der Waals surface area contributed by atoms with E-state index >= 15 is 0 Å². The van der Waals surface area contributed by atoms with Crippen molar-refractivity contribution in [2.45, 2.75) is 36.8 Å². The Balaban J connectivity index is 1.66. The summed E-state index contributed by atoms with van der Waals surface area (Å²) in [7, 11) is 1.42. The minimum Gasteiger partial charge on any atom is -0.460 e. The molecular formula is C23H26N2O5S. The van der Waals surface area contributed by atoms with Crippen LogP contribution >= 0.6 is 11.8 Å². The molecule has 3 atom stereocenters. The maximum atomic E-state index is 13.5. The lowest BCUT2D eigenvalue weighted by atomic mass is 9.75. The summed E-state index contributed by atoms with van der Waals surface area (Å²) in [6.45, 7) is 1.18. The van der Waals surface area contributed by atoms with E-state index in [9.17, 15) is 14.4 Å². The van der Waals surface area contributed by atoms with Gasteiger partial charge in [-0.1, -0.05) is 54.6 Å². The molecule has 3 aliphatic rings. The number of likely N-dealkylation sites (N-methyl/N-ethyl adjacent to an activating group) is 1. The van der Waals surface area contributed by atoms with Crippen LogP contribution in [0, 0.1) is 5.41 Å². The summed E-state index contributed by atoms with van der Waals surface area (Å²) in [5.41, 5.74) is -0.609. The number of imide groups is 1. The average Bonchev–Trinajstić information content (AvgIpc) is 3.40. The molecule has 2 unspecified atom stereocenters. The Kier molecular flexibility index (Phi) is 6.31. The fourth-order valence-electron chi connectivity index (χ4n) is 4.16. The largest absolute Gasteiger partial charge is 0.460 e. The van der Waals surface area contributed by atoms with E-state index in [1.807, 2.05) is 36.4 Å². The Morgan fingerprint density at radius 1 is 1.26 bits per heavy atom. The highest BCUT2D eigenvalue weighted by Gasteiger charge is 2.68. The molecule has 31 heavy (non-hydrogen) atoms. The number of allylic oxidation sites excluding steroid dienone is 3. The number of thioether (sulfide) groups is 1. The van der Waals surface area contributed by atoms with E-state index in [0.29, 0.717) is 0 Å². The van der Waals surface area contributed by atoms with E-state index in [0.717, 1.165) is 41.6 Å². The second kappa shape index (κ2) is 8.98. The number of benzene rings is 1. The summed E-state index contributed by atoms with van der Waals surface area (Å²) < 4.78 is 11.9. The highest BCUT2D eigenvalue weighted by atomic mass is 32.2. The molecule has 4 rings (SSSR count). The van der Waals surface area contributed by atoms with Gasteiger partial charge < -0.3 is 14.8 Å². The van der Waals surface area contributed by atoms with Gasteiger partial charge in [0.1, 0.15) is 12.0 Å². The number of nitrogens with one attached hydrogen (secondary N) is 1. The van der Waals surface area contributed by atoms with Crippen molar-refractivity contribution in [2.75, 3.05) is 20.2 Å². The zero-order valence-electron chi connectivity index (χ0n) is 17.4. The number of rotatable bonds is 7. The molecule has 7 nitrogen and oxygen atoms in total. The van der Waals surface area contributed by atoms with E-state index in [1.54, 1.807) is 18.2 Å². The standard InChI is InChI=1S/C23H26N2O5S/c1-25-19(26)23(31-21(25)28,30-16-18-11-8-14-24-18)22(12-6-3-7-13-22)20(27)29-15-17-9-4-2-5-10-17/h2-7,9-10,12,18,24H,8,11,13-16H2,1H3/t18-,22?,23?/m0/s1. The monoisotopic (exact) mass is 442 g/mol. The number of amides is 2. The minimum absolute atomic E-state index is 0.0713. The Bertz CT molecular complexity index is 912. The first kappa shape index (κ1) is 21.8. The molecule has 1 N–H and O–H groups in total. The third-order valence-electron chi connectivity index (χ3n) is 5.97. The Labute approximate surface area is 185 Å². The second-order valence-electron chi connectivity index (χ2n) is 7.98. The molecule has 0 radical (unpaired) electrons. The van der Waals surface area contributed by atoms with Gasteiger partial charge in [0.15, 0.2) is 0 Å². The molecule has 2 fully saturated rings. The van der Waals surface area contributed by atoms with Crippen molar-refractivity contribution in [3.63, 3.8) is 0 Å². The lowest BCUT2D eigenvalue weighted by Crippen LogP contribution is -2.58. The fraction of sp³-hybridized carbons (Fsp3) is 0.435. The summed E-state index contributed by atoms with van der Waals surface area (Å²) in [6.07, 6.45) is 9.12. The van der Waals surface area contributed by atoms with E-state index in [2.05, 4.69) is 5.32 Å². The van der Waals surface area contributed by atoms with Crippen LogP contribution in [-0.4, -0.2) is 53.2 Å². The third kappa shape index (κ3) is 3.95. The second-order valence-corrected chi connectivity index (χ2v) is 9.11. The highest BCUT2D eigenvalue weighted by molar-refractivity contribution is 8.16. The van der Waals surface area contributed by atoms with E-state index < -0.39 is 27.5 Å². The van der Waals surface area contributed by atoms with Crippen molar-refractivity contribution in [3.05, 3.63) is 60.2 Å². The number of carbonyl (C=O) groups excluding carboxylic acids is 3. The van der Waals surface area contributed by atoms with Crippen LogP contribution in [0.1, 0.15) is 24.8 Å². The highest BCUT2D eigenvalue weighted by Crippen LogP contribution is 2.54. The summed E-state index contributed by atoms with van der Waals surface area (Å²) in [5, 5.41) is 2.89. The number of hydrogen-bond donors (Lipinski definition) is 1. The first-order valence-corrected chi connectivity index (χ1v) is 11.2. The molecule has 1 aromatic rings. The number of hydrogen-bond acceptors (Lipinski definition) is 7. The molecule has 8 heteroatoms. The molecule has 2 saturated heterocycles. The van der Waals surface area contributed by atoms with Crippen LogP contribution in [0.2, 0.25) is 0 Å². The van der Waals surface area contributed by atoms with Gasteiger partial charge in [-0.05, 0) is 43.1 Å². The number of ether oxygens (including phenoxy) is 2. The van der Waals surface area contributed by atoms with Crippen molar-refractivity contribution >= 4 is 28.9 Å². The van der Waals surface area contributed by atoms with Gasteiger partial charge in [-0.2, -0.15) is 0 Å². The van der Waals surface area contributed by atoms with Gasteiger partial charge in [0.2, 0.25) is 4.93 Å². The Hall–Kier alpha value is -2.42. The van der Waals surface area contributed by atoms with Crippen LogP contribution < -0.4 is 5.32 Å². The first-order chi connectivity index (χ1) is 15.0. The molecule has 0 aromatic heterocycles. The predicted molar refractivity (Wildman–Crippen MR) is 117 cm³/mol. The number of carbonyl (C=O) groups is 3. The van der Waals surface area contributed by atoms with Crippen molar-refractivity contribution in [2.24, 2.45) is 5.41 Å². The molecule has 2 amide bonds. The van der Waals surface area contributed by atoms with Gasteiger partial charge in [-0.3, -0.25) is 19.3 Å². The summed E-state index contributed by atoms with van der Waals surface area (Å²) in [4.78, 5) is 38.8. The first-order valence-electron chi connectivity index (χ1n) is 10.4. The third-order valence-corrected chi connectivity index (χ3v) is 7.37. The maximum Gasteiger partial charge on any atom is 0.321 e. The quantitative estimate of drug-likeness (QED) is 0.650. The maximum absolute atomic E-state index is 13.5. The van der Waals surface area contributed by atoms with Crippen LogP contribution in [-0.2, 0) is 25.7 Å². The van der Waals surface area contributed by atoms with Gasteiger partial charge >= 0.3 is 5.97 Å². The van der Waals surface area contributed by atoms with Gasteiger partial charge in [0.05, 0.1) is 6.61 Å². The smallest absolute Gasteiger partial charge is 0.321 e. The molecular weight excluding hydrogens is 416 g/mol. The molecule has 1 aliphatic carbocycles. The van der Waals surface area contributed by atoms with Gasteiger partial charge in [0, 0.05) is 13.1 Å². The van der Waals surface area contributed by atoms with Crippen LogP contribution in [0.25, 0.3) is 0 Å². The zero-order valence-corrected chi connectivity index (χ0v) is 18.2. The van der Waals surface area contributed by atoms with E-state index in [1.165, 1.54) is 7.05 Å². The SMILES string of the molecule is CN1C(=O)SC(OC[C@@H]2CCCN2)(C2(C(=O)OCc3ccccc3)C=CC=CC2)C1=O.